The first-order valence-corrected chi connectivity index (χ1v) is 11.0. The fourth-order valence-corrected chi connectivity index (χ4v) is 5.28. The summed E-state index contributed by atoms with van der Waals surface area (Å²) in [5.41, 5.74) is 4.02. The van der Waals surface area contributed by atoms with Gasteiger partial charge >= 0.3 is 5.69 Å². The molecule has 2 aromatic carbocycles. The van der Waals surface area contributed by atoms with Gasteiger partial charge in [-0.3, -0.25) is 9.78 Å². The van der Waals surface area contributed by atoms with Crippen molar-refractivity contribution in [3.8, 4) is 0 Å². The van der Waals surface area contributed by atoms with E-state index in [-0.39, 0.29) is 11.5 Å². The molecule has 1 aromatic heterocycles. The van der Waals surface area contributed by atoms with Gasteiger partial charge in [0.2, 0.25) is 0 Å². The Morgan fingerprint density at radius 1 is 1.03 bits per heavy atom. The van der Waals surface area contributed by atoms with E-state index in [1.165, 1.54) is 5.57 Å². The number of allylic oxidation sites excluding steroid dienone is 2. The Balaban J connectivity index is 1.67. The number of hydrogen-bond acceptors (Lipinski definition) is 2. The van der Waals surface area contributed by atoms with Crippen LogP contribution in [0.15, 0.2) is 64.2 Å². The van der Waals surface area contributed by atoms with E-state index in [4.69, 9.17) is 11.6 Å². The van der Waals surface area contributed by atoms with Crippen molar-refractivity contribution in [1.29, 1.82) is 0 Å². The zero-order valence-corrected chi connectivity index (χ0v) is 18.6. The number of H-pyrrole nitrogens is 2. The molecule has 1 atom stereocenters. The standard InChI is InChI=1S/C23H20ClIN2O2/c24-18-7-4-8-19(25)20(18)15-9-11-16(12-10-15)21-17(22(28)27-23(29)26-21)13-14-5-2-1-3-6-14/h1-9,16H,10-13H2,(H2,26,27,28,29). The van der Waals surface area contributed by atoms with Crippen molar-refractivity contribution in [2.45, 2.75) is 31.6 Å². The summed E-state index contributed by atoms with van der Waals surface area (Å²) in [5.74, 6) is 0.104. The summed E-state index contributed by atoms with van der Waals surface area (Å²) in [6.45, 7) is 0. The zero-order chi connectivity index (χ0) is 20.4. The average molecular weight is 519 g/mol. The van der Waals surface area contributed by atoms with Crippen molar-refractivity contribution in [2.75, 3.05) is 0 Å². The molecule has 3 aromatic rings. The summed E-state index contributed by atoms with van der Waals surface area (Å²) in [6.07, 6.45) is 5.16. The lowest BCUT2D eigenvalue weighted by molar-refractivity contribution is 0.596. The van der Waals surface area contributed by atoms with Crippen LogP contribution < -0.4 is 11.2 Å². The van der Waals surface area contributed by atoms with Crippen LogP contribution in [0.25, 0.3) is 5.57 Å². The van der Waals surface area contributed by atoms with E-state index in [0.717, 1.165) is 44.7 Å². The zero-order valence-electron chi connectivity index (χ0n) is 15.7. The molecule has 6 heteroatoms. The molecule has 0 amide bonds. The summed E-state index contributed by atoms with van der Waals surface area (Å²) in [4.78, 5) is 29.9. The molecule has 0 saturated heterocycles. The fraction of sp³-hybridized carbons (Fsp3) is 0.217. The van der Waals surface area contributed by atoms with Crippen LogP contribution in [0, 0.1) is 3.57 Å². The van der Waals surface area contributed by atoms with Crippen LogP contribution in [0.4, 0.5) is 0 Å². The van der Waals surface area contributed by atoms with Gasteiger partial charge in [0.05, 0.1) is 0 Å². The molecule has 0 aliphatic heterocycles. The lowest BCUT2D eigenvalue weighted by atomic mass is 9.83. The van der Waals surface area contributed by atoms with E-state index < -0.39 is 5.69 Å². The number of aromatic amines is 2. The van der Waals surface area contributed by atoms with Gasteiger partial charge in [0.15, 0.2) is 0 Å². The molecule has 0 bridgehead atoms. The van der Waals surface area contributed by atoms with Crippen molar-refractivity contribution >= 4 is 39.8 Å². The maximum atomic E-state index is 12.6. The van der Waals surface area contributed by atoms with Crippen LogP contribution in [-0.2, 0) is 6.42 Å². The van der Waals surface area contributed by atoms with Gasteiger partial charge in [-0.05, 0) is 65.1 Å². The Bertz CT molecular complexity index is 1160. The second kappa shape index (κ2) is 8.71. The van der Waals surface area contributed by atoms with E-state index in [0.29, 0.717) is 12.0 Å². The number of nitrogens with one attached hydrogen (secondary N) is 2. The van der Waals surface area contributed by atoms with Gasteiger partial charge < -0.3 is 4.98 Å². The van der Waals surface area contributed by atoms with Gasteiger partial charge in [0.1, 0.15) is 0 Å². The lowest BCUT2D eigenvalue weighted by Crippen LogP contribution is -2.30. The topological polar surface area (TPSA) is 65.7 Å². The molecule has 0 saturated carbocycles. The number of hydrogen-bond donors (Lipinski definition) is 2. The van der Waals surface area contributed by atoms with Crippen molar-refractivity contribution in [3.63, 3.8) is 0 Å². The lowest BCUT2D eigenvalue weighted by Gasteiger charge is -2.24. The molecule has 148 valence electrons. The van der Waals surface area contributed by atoms with Crippen LogP contribution >= 0.6 is 34.2 Å². The third-order valence-electron chi connectivity index (χ3n) is 5.40. The molecule has 0 radical (unpaired) electrons. The van der Waals surface area contributed by atoms with Gasteiger partial charge in [0.25, 0.3) is 5.56 Å². The molecule has 1 aliphatic rings. The van der Waals surface area contributed by atoms with Crippen molar-refractivity contribution in [1.82, 2.24) is 9.97 Å². The predicted octanol–water partition coefficient (Wildman–Crippen LogP) is 5.26. The SMILES string of the molecule is O=c1[nH]c(C2CC=C(c3c(Cl)cccc3I)CC2)c(Cc2ccccc2)c(=O)[nH]1. The molecule has 4 rings (SSSR count). The molecule has 2 N–H and O–H groups in total. The Morgan fingerprint density at radius 3 is 2.52 bits per heavy atom. The minimum atomic E-state index is -0.447. The minimum absolute atomic E-state index is 0.104. The highest BCUT2D eigenvalue weighted by Gasteiger charge is 2.24. The van der Waals surface area contributed by atoms with Gasteiger partial charge in [-0.1, -0.05) is 54.1 Å². The van der Waals surface area contributed by atoms with Crippen molar-refractivity contribution in [3.05, 3.63) is 106 Å². The van der Waals surface area contributed by atoms with Crippen LogP contribution in [0.5, 0.6) is 0 Å². The molecular formula is C23H20ClIN2O2. The van der Waals surface area contributed by atoms with Crippen LogP contribution in [0.1, 0.15) is 47.6 Å². The monoisotopic (exact) mass is 518 g/mol. The third kappa shape index (κ3) is 4.41. The first-order chi connectivity index (χ1) is 14.0. The van der Waals surface area contributed by atoms with E-state index in [9.17, 15) is 9.59 Å². The highest BCUT2D eigenvalue weighted by molar-refractivity contribution is 14.1. The van der Waals surface area contributed by atoms with E-state index >= 15 is 0 Å². The maximum Gasteiger partial charge on any atom is 0.325 e. The Labute approximate surface area is 187 Å². The van der Waals surface area contributed by atoms with Gasteiger partial charge in [-0.2, -0.15) is 0 Å². The molecule has 0 spiro atoms. The van der Waals surface area contributed by atoms with E-state index in [1.807, 2.05) is 42.5 Å². The summed E-state index contributed by atoms with van der Waals surface area (Å²) in [6, 6.07) is 15.8. The number of benzene rings is 2. The number of aromatic nitrogens is 2. The van der Waals surface area contributed by atoms with Gasteiger partial charge in [-0.15, -0.1) is 0 Å². The largest absolute Gasteiger partial charge is 0.325 e. The first kappa shape index (κ1) is 20.2. The summed E-state index contributed by atoms with van der Waals surface area (Å²) < 4.78 is 1.13. The smallest absolute Gasteiger partial charge is 0.311 e. The minimum Gasteiger partial charge on any atom is -0.311 e. The second-order valence-electron chi connectivity index (χ2n) is 7.26. The molecule has 29 heavy (non-hydrogen) atoms. The Morgan fingerprint density at radius 2 is 1.83 bits per heavy atom. The molecule has 1 unspecified atom stereocenters. The molecule has 1 heterocycles. The normalized spacial score (nSPS) is 16.5. The number of rotatable bonds is 4. The quantitative estimate of drug-likeness (QED) is 0.463. The summed E-state index contributed by atoms with van der Waals surface area (Å²) >= 11 is 8.75. The highest BCUT2D eigenvalue weighted by atomic mass is 127. The first-order valence-electron chi connectivity index (χ1n) is 9.55. The van der Waals surface area contributed by atoms with Crippen LogP contribution in [0.3, 0.4) is 0 Å². The van der Waals surface area contributed by atoms with E-state index in [1.54, 1.807) is 0 Å². The molecule has 4 nitrogen and oxygen atoms in total. The maximum absolute atomic E-state index is 12.6. The van der Waals surface area contributed by atoms with Crippen LogP contribution in [-0.4, -0.2) is 9.97 Å². The molecule has 0 fully saturated rings. The highest BCUT2D eigenvalue weighted by Crippen LogP contribution is 2.39. The predicted molar refractivity (Wildman–Crippen MR) is 126 cm³/mol. The van der Waals surface area contributed by atoms with Crippen molar-refractivity contribution < 1.29 is 0 Å². The fourth-order valence-electron chi connectivity index (χ4n) is 3.98. The Hall–Kier alpha value is -2.12. The van der Waals surface area contributed by atoms with Crippen LogP contribution in [0.2, 0.25) is 5.02 Å². The average Bonchev–Trinajstić information content (AvgIpc) is 2.71. The number of halogens is 2. The summed E-state index contributed by atoms with van der Waals surface area (Å²) in [5, 5.41) is 0.760. The summed E-state index contributed by atoms with van der Waals surface area (Å²) in [7, 11) is 0. The third-order valence-corrected chi connectivity index (χ3v) is 6.62. The van der Waals surface area contributed by atoms with Crippen molar-refractivity contribution in [2.24, 2.45) is 0 Å². The molecule has 1 aliphatic carbocycles. The second-order valence-corrected chi connectivity index (χ2v) is 8.83. The van der Waals surface area contributed by atoms with E-state index in [2.05, 4.69) is 44.7 Å². The van der Waals surface area contributed by atoms with Gasteiger partial charge in [0, 0.05) is 37.8 Å². The van der Waals surface area contributed by atoms with Gasteiger partial charge in [-0.25, -0.2) is 4.79 Å². The Kier molecular flexibility index (Phi) is 6.06. The molecular weight excluding hydrogens is 499 g/mol.